The molecule has 0 aromatic heterocycles. The van der Waals surface area contributed by atoms with Crippen LogP contribution in [0.4, 0.5) is 0 Å². The molecule has 0 unspecified atom stereocenters. The van der Waals surface area contributed by atoms with Crippen LogP contribution in [0.5, 0.6) is 11.5 Å². The van der Waals surface area contributed by atoms with Crippen molar-refractivity contribution in [3.8, 4) is 11.5 Å². The number of rotatable bonds is 13. The standard InChI is InChI=1S/C26H34Cl2N2O4/c1-5-7-15-29-26(32)22(6-2)30(17-19-20(27)9-8-10-21(19)28)25(31)14-12-18-11-13-23(33-3)24(16-18)34-4/h8-11,13,16,22H,5-7,12,14-15,17H2,1-4H3,(H,29,32)/t22-/m1/s1. The quantitative estimate of drug-likeness (QED) is 0.354. The average Bonchev–Trinajstić information content (AvgIpc) is 2.84. The number of amides is 2. The summed E-state index contributed by atoms with van der Waals surface area (Å²) >= 11 is 12.8. The van der Waals surface area contributed by atoms with Crippen LogP contribution in [0.2, 0.25) is 10.0 Å². The number of nitrogens with zero attached hydrogens (tertiary/aromatic N) is 1. The van der Waals surface area contributed by atoms with Gasteiger partial charge >= 0.3 is 0 Å². The molecule has 6 nitrogen and oxygen atoms in total. The van der Waals surface area contributed by atoms with Gasteiger partial charge in [-0.05, 0) is 49.1 Å². The van der Waals surface area contributed by atoms with E-state index < -0.39 is 6.04 Å². The van der Waals surface area contributed by atoms with E-state index in [2.05, 4.69) is 12.2 Å². The van der Waals surface area contributed by atoms with Gasteiger partial charge in [-0.2, -0.15) is 0 Å². The summed E-state index contributed by atoms with van der Waals surface area (Å²) in [4.78, 5) is 28.0. The molecule has 0 spiro atoms. The summed E-state index contributed by atoms with van der Waals surface area (Å²) in [5.74, 6) is 0.915. The lowest BCUT2D eigenvalue weighted by molar-refractivity contribution is -0.141. The number of nitrogens with one attached hydrogen (secondary N) is 1. The van der Waals surface area contributed by atoms with Crippen molar-refractivity contribution in [3.63, 3.8) is 0 Å². The van der Waals surface area contributed by atoms with Crippen LogP contribution in [0.25, 0.3) is 0 Å². The normalized spacial score (nSPS) is 11.6. The largest absolute Gasteiger partial charge is 0.493 e. The number of hydrogen-bond donors (Lipinski definition) is 1. The van der Waals surface area contributed by atoms with Crippen LogP contribution in [0.3, 0.4) is 0 Å². The Labute approximate surface area is 212 Å². The number of halogens is 2. The predicted molar refractivity (Wildman–Crippen MR) is 137 cm³/mol. The van der Waals surface area contributed by atoms with Crippen LogP contribution >= 0.6 is 23.2 Å². The molecule has 0 saturated carbocycles. The van der Waals surface area contributed by atoms with Gasteiger partial charge in [-0.25, -0.2) is 0 Å². The molecule has 2 amide bonds. The SMILES string of the molecule is CCCCNC(=O)[C@@H](CC)N(Cc1c(Cl)cccc1Cl)C(=O)CCc1ccc(OC)c(OC)c1. The molecule has 2 aromatic carbocycles. The molecule has 186 valence electrons. The second-order valence-corrected chi connectivity index (χ2v) is 8.79. The van der Waals surface area contributed by atoms with Crippen molar-refractivity contribution in [2.75, 3.05) is 20.8 Å². The first-order chi connectivity index (χ1) is 16.4. The first-order valence-corrected chi connectivity index (χ1v) is 12.3. The summed E-state index contributed by atoms with van der Waals surface area (Å²) in [7, 11) is 3.15. The van der Waals surface area contributed by atoms with Crippen molar-refractivity contribution in [2.24, 2.45) is 0 Å². The highest BCUT2D eigenvalue weighted by atomic mass is 35.5. The smallest absolute Gasteiger partial charge is 0.242 e. The number of carbonyl (C=O) groups is 2. The molecule has 34 heavy (non-hydrogen) atoms. The van der Waals surface area contributed by atoms with Crippen molar-refractivity contribution < 1.29 is 19.1 Å². The van der Waals surface area contributed by atoms with E-state index in [4.69, 9.17) is 32.7 Å². The lowest BCUT2D eigenvalue weighted by Crippen LogP contribution is -2.49. The summed E-state index contributed by atoms with van der Waals surface area (Å²) in [6, 6.07) is 10.2. The number of ether oxygens (including phenoxy) is 2. The van der Waals surface area contributed by atoms with E-state index >= 15 is 0 Å². The van der Waals surface area contributed by atoms with Gasteiger partial charge in [-0.15, -0.1) is 0 Å². The summed E-state index contributed by atoms with van der Waals surface area (Å²) in [6.45, 7) is 4.69. The minimum absolute atomic E-state index is 0.150. The van der Waals surface area contributed by atoms with Gasteiger partial charge in [0.15, 0.2) is 11.5 Å². The third kappa shape index (κ3) is 7.54. The van der Waals surface area contributed by atoms with Gasteiger partial charge < -0.3 is 19.7 Å². The molecule has 2 rings (SSSR count). The second-order valence-electron chi connectivity index (χ2n) is 7.98. The van der Waals surface area contributed by atoms with Gasteiger partial charge in [0.05, 0.1) is 14.2 Å². The number of aryl methyl sites for hydroxylation is 1. The Morgan fingerprint density at radius 1 is 1.03 bits per heavy atom. The van der Waals surface area contributed by atoms with E-state index in [1.165, 1.54) is 0 Å². The van der Waals surface area contributed by atoms with Crippen molar-refractivity contribution in [2.45, 2.75) is 58.5 Å². The van der Waals surface area contributed by atoms with E-state index in [1.54, 1.807) is 37.3 Å². The molecule has 0 radical (unpaired) electrons. The van der Waals surface area contributed by atoms with E-state index in [0.29, 0.717) is 46.5 Å². The maximum absolute atomic E-state index is 13.5. The zero-order chi connectivity index (χ0) is 25.1. The molecule has 0 aliphatic carbocycles. The maximum atomic E-state index is 13.5. The topological polar surface area (TPSA) is 67.9 Å². The summed E-state index contributed by atoms with van der Waals surface area (Å²) in [5, 5.41) is 3.89. The number of unbranched alkanes of at least 4 members (excludes halogenated alkanes) is 1. The molecule has 0 saturated heterocycles. The molecule has 0 aliphatic heterocycles. The third-order valence-corrected chi connectivity index (χ3v) is 6.39. The fourth-order valence-electron chi connectivity index (χ4n) is 3.71. The zero-order valence-corrected chi connectivity index (χ0v) is 21.8. The third-order valence-electron chi connectivity index (χ3n) is 5.68. The summed E-state index contributed by atoms with van der Waals surface area (Å²) in [6.07, 6.45) is 3.03. The molecule has 0 heterocycles. The van der Waals surface area contributed by atoms with Gasteiger partial charge in [0.25, 0.3) is 0 Å². The maximum Gasteiger partial charge on any atom is 0.242 e. The second kappa shape index (κ2) is 14.1. The lowest BCUT2D eigenvalue weighted by Gasteiger charge is -2.31. The molecule has 0 aliphatic rings. The fourth-order valence-corrected chi connectivity index (χ4v) is 4.23. The van der Waals surface area contributed by atoms with Crippen molar-refractivity contribution in [3.05, 3.63) is 57.6 Å². The highest BCUT2D eigenvalue weighted by Gasteiger charge is 2.29. The predicted octanol–water partition coefficient (Wildman–Crippen LogP) is 5.67. The minimum Gasteiger partial charge on any atom is -0.493 e. The van der Waals surface area contributed by atoms with Crippen LogP contribution in [0, 0.1) is 0 Å². The van der Waals surface area contributed by atoms with Crippen LogP contribution in [0.1, 0.15) is 50.7 Å². The molecule has 8 heteroatoms. The van der Waals surface area contributed by atoms with Gasteiger partial charge in [-0.3, -0.25) is 9.59 Å². The number of carbonyl (C=O) groups excluding carboxylic acids is 2. The Hall–Kier alpha value is -2.44. The lowest BCUT2D eigenvalue weighted by atomic mass is 10.1. The Kier molecular flexibility index (Phi) is 11.5. The number of benzene rings is 2. The first kappa shape index (κ1) is 27.8. The van der Waals surface area contributed by atoms with Crippen molar-refractivity contribution in [1.82, 2.24) is 10.2 Å². The van der Waals surface area contributed by atoms with Crippen LogP contribution < -0.4 is 14.8 Å². The Balaban J connectivity index is 2.26. The highest BCUT2D eigenvalue weighted by Crippen LogP contribution is 2.29. The molecular formula is C26H34Cl2N2O4. The van der Waals surface area contributed by atoms with Crippen molar-refractivity contribution in [1.29, 1.82) is 0 Å². The molecule has 0 bridgehead atoms. The van der Waals surface area contributed by atoms with E-state index in [0.717, 1.165) is 18.4 Å². The Bertz CT molecular complexity index is 948. The van der Waals surface area contributed by atoms with Gasteiger partial charge in [0.2, 0.25) is 11.8 Å². The molecule has 1 atom stereocenters. The molecular weight excluding hydrogens is 475 g/mol. The Morgan fingerprint density at radius 2 is 1.71 bits per heavy atom. The van der Waals surface area contributed by atoms with Crippen LogP contribution in [0.15, 0.2) is 36.4 Å². The summed E-state index contributed by atoms with van der Waals surface area (Å²) in [5.41, 5.74) is 1.56. The molecule has 1 N–H and O–H groups in total. The first-order valence-electron chi connectivity index (χ1n) is 11.6. The van der Waals surface area contributed by atoms with E-state index in [-0.39, 0.29) is 24.8 Å². The van der Waals surface area contributed by atoms with Gasteiger partial charge in [-0.1, -0.05) is 55.6 Å². The molecule has 0 fully saturated rings. The van der Waals surface area contributed by atoms with Gasteiger partial charge in [0, 0.05) is 35.1 Å². The molecule has 2 aromatic rings. The Morgan fingerprint density at radius 3 is 2.29 bits per heavy atom. The van der Waals surface area contributed by atoms with Crippen molar-refractivity contribution >= 4 is 35.0 Å². The van der Waals surface area contributed by atoms with Gasteiger partial charge in [0.1, 0.15) is 6.04 Å². The van der Waals surface area contributed by atoms with E-state index in [9.17, 15) is 9.59 Å². The summed E-state index contributed by atoms with van der Waals surface area (Å²) < 4.78 is 10.7. The number of methoxy groups -OCH3 is 2. The monoisotopic (exact) mass is 508 g/mol. The number of hydrogen-bond acceptors (Lipinski definition) is 4. The fraction of sp³-hybridized carbons (Fsp3) is 0.462. The van der Waals surface area contributed by atoms with Crippen LogP contribution in [-0.2, 0) is 22.6 Å². The van der Waals surface area contributed by atoms with Crippen LogP contribution in [-0.4, -0.2) is 43.5 Å². The highest BCUT2D eigenvalue weighted by molar-refractivity contribution is 6.36. The average molecular weight is 509 g/mol. The minimum atomic E-state index is -0.623. The zero-order valence-electron chi connectivity index (χ0n) is 20.3. The van der Waals surface area contributed by atoms with E-state index in [1.807, 2.05) is 25.1 Å².